The van der Waals surface area contributed by atoms with Crippen molar-refractivity contribution in [2.45, 2.75) is 0 Å². The lowest BCUT2D eigenvalue weighted by atomic mass is 10.3. The Kier molecular flexibility index (Phi) is 5.79. The first-order chi connectivity index (χ1) is 5.74. The summed E-state index contributed by atoms with van der Waals surface area (Å²) in [7, 11) is 0. The van der Waals surface area contributed by atoms with Crippen molar-refractivity contribution in [2.24, 2.45) is 5.73 Å². The fourth-order valence-electron chi connectivity index (χ4n) is 0.761. The second-order valence-corrected chi connectivity index (χ2v) is 2.62. The molecule has 0 saturated heterocycles. The summed E-state index contributed by atoms with van der Waals surface area (Å²) in [5.41, 5.74) is 5.21. The number of hydrogen-bond acceptors (Lipinski definition) is 2. The van der Waals surface area contributed by atoms with Crippen LogP contribution in [0.15, 0.2) is 18.2 Å². The van der Waals surface area contributed by atoms with Gasteiger partial charge in [-0.2, -0.15) is 0 Å². The van der Waals surface area contributed by atoms with Crippen molar-refractivity contribution in [2.75, 3.05) is 13.2 Å². The lowest BCUT2D eigenvalue weighted by Gasteiger charge is -2.05. The van der Waals surface area contributed by atoms with E-state index in [1.165, 1.54) is 18.2 Å². The third kappa shape index (κ3) is 3.81. The molecule has 0 atom stereocenters. The molecule has 2 N–H and O–H groups in total. The summed E-state index contributed by atoms with van der Waals surface area (Å²) in [6.45, 7) is 0.791. The number of benzene rings is 1. The van der Waals surface area contributed by atoms with E-state index in [9.17, 15) is 4.39 Å². The van der Waals surface area contributed by atoms with Crippen LogP contribution < -0.4 is 10.5 Å². The molecule has 1 rings (SSSR count). The van der Waals surface area contributed by atoms with E-state index in [1.54, 1.807) is 0 Å². The quantitative estimate of drug-likeness (QED) is 0.857. The van der Waals surface area contributed by atoms with Crippen LogP contribution >= 0.6 is 24.0 Å². The Hall–Kier alpha value is -0.510. The Balaban J connectivity index is 0.00000144. The van der Waals surface area contributed by atoms with Gasteiger partial charge in [0, 0.05) is 6.54 Å². The van der Waals surface area contributed by atoms with E-state index in [-0.39, 0.29) is 23.2 Å². The number of ether oxygens (including phenoxy) is 1. The van der Waals surface area contributed by atoms with Crippen molar-refractivity contribution >= 4 is 24.0 Å². The van der Waals surface area contributed by atoms with E-state index >= 15 is 0 Å². The first kappa shape index (κ1) is 12.5. The van der Waals surface area contributed by atoms with Crippen LogP contribution in [0.4, 0.5) is 4.39 Å². The van der Waals surface area contributed by atoms with E-state index in [0.29, 0.717) is 18.9 Å². The number of rotatable bonds is 3. The maximum Gasteiger partial charge on any atom is 0.138 e. The van der Waals surface area contributed by atoms with Gasteiger partial charge in [-0.25, -0.2) is 4.39 Å². The van der Waals surface area contributed by atoms with Gasteiger partial charge in [-0.3, -0.25) is 0 Å². The van der Waals surface area contributed by atoms with Gasteiger partial charge in [-0.05, 0) is 18.2 Å². The molecule has 0 amide bonds. The minimum absolute atomic E-state index is 0. The number of nitrogens with two attached hydrogens (primary N) is 1. The molecule has 13 heavy (non-hydrogen) atoms. The Bertz CT molecular complexity index is 270. The molecule has 0 aliphatic carbocycles. The maximum absolute atomic E-state index is 12.5. The first-order valence-electron chi connectivity index (χ1n) is 3.52. The molecule has 0 heterocycles. The lowest BCUT2D eigenvalue weighted by molar-refractivity contribution is 0.328. The molecular weight excluding hydrogens is 216 g/mol. The molecule has 0 aliphatic rings. The highest BCUT2D eigenvalue weighted by Gasteiger charge is 2.01. The summed E-state index contributed by atoms with van der Waals surface area (Å²) in [4.78, 5) is 0. The molecule has 0 saturated carbocycles. The van der Waals surface area contributed by atoms with Gasteiger partial charge in [-0.15, -0.1) is 12.4 Å². The van der Waals surface area contributed by atoms with Crippen LogP contribution in [0.5, 0.6) is 5.75 Å². The monoisotopic (exact) mass is 225 g/mol. The van der Waals surface area contributed by atoms with Gasteiger partial charge in [0.1, 0.15) is 18.2 Å². The highest BCUT2D eigenvalue weighted by atomic mass is 35.5. The van der Waals surface area contributed by atoms with Gasteiger partial charge in [0.2, 0.25) is 0 Å². The molecular formula is C8H10Cl2FNO. The average Bonchev–Trinajstić information content (AvgIpc) is 2.03. The minimum Gasteiger partial charge on any atom is -0.491 e. The van der Waals surface area contributed by atoms with Crippen LogP contribution in [0.1, 0.15) is 0 Å². The smallest absolute Gasteiger partial charge is 0.138 e. The second kappa shape index (κ2) is 6.02. The molecule has 0 unspecified atom stereocenters. The van der Waals surface area contributed by atoms with Gasteiger partial charge in [0.15, 0.2) is 0 Å². The standard InChI is InChI=1S/C8H9ClFNO.ClH/c9-7-5-6(10)1-2-8(7)12-4-3-11;/h1-2,5H,3-4,11H2;1H. The molecule has 0 radical (unpaired) electrons. The van der Waals surface area contributed by atoms with Crippen molar-refractivity contribution in [1.82, 2.24) is 0 Å². The van der Waals surface area contributed by atoms with Crippen molar-refractivity contribution in [3.05, 3.63) is 29.0 Å². The van der Waals surface area contributed by atoms with Crippen LogP contribution in [-0.2, 0) is 0 Å². The Morgan fingerprint density at radius 2 is 2.15 bits per heavy atom. The SMILES string of the molecule is Cl.NCCOc1ccc(F)cc1Cl. The van der Waals surface area contributed by atoms with E-state index in [1.807, 2.05) is 0 Å². The second-order valence-electron chi connectivity index (χ2n) is 2.21. The van der Waals surface area contributed by atoms with Crippen LogP contribution in [0, 0.1) is 5.82 Å². The molecule has 1 aromatic rings. The summed E-state index contributed by atoms with van der Waals surface area (Å²) in [6, 6.07) is 3.97. The van der Waals surface area contributed by atoms with Crippen LogP contribution in [-0.4, -0.2) is 13.2 Å². The topological polar surface area (TPSA) is 35.2 Å². The van der Waals surface area contributed by atoms with Gasteiger partial charge in [-0.1, -0.05) is 11.6 Å². The van der Waals surface area contributed by atoms with Gasteiger partial charge >= 0.3 is 0 Å². The normalized spacial score (nSPS) is 9.15. The van der Waals surface area contributed by atoms with Gasteiger partial charge in [0.25, 0.3) is 0 Å². The third-order valence-corrected chi connectivity index (χ3v) is 1.56. The Morgan fingerprint density at radius 1 is 1.46 bits per heavy atom. The van der Waals surface area contributed by atoms with Crippen molar-refractivity contribution < 1.29 is 9.13 Å². The highest BCUT2D eigenvalue weighted by Crippen LogP contribution is 2.24. The van der Waals surface area contributed by atoms with Crippen LogP contribution in [0.25, 0.3) is 0 Å². The van der Waals surface area contributed by atoms with Crippen LogP contribution in [0.3, 0.4) is 0 Å². The predicted molar refractivity (Wildman–Crippen MR) is 53.2 cm³/mol. The zero-order valence-electron chi connectivity index (χ0n) is 6.80. The summed E-state index contributed by atoms with van der Waals surface area (Å²) in [5.74, 6) is 0.0867. The number of hydrogen-bond donors (Lipinski definition) is 1. The summed E-state index contributed by atoms with van der Waals surface area (Å²) in [5, 5.41) is 0.267. The molecule has 0 aromatic heterocycles. The summed E-state index contributed by atoms with van der Waals surface area (Å²) < 4.78 is 17.6. The lowest BCUT2D eigenvalue weighted by Crippen LogP contribution is -2.10. The van der Waals surface area contributed by atoms with Crippen molar-refractivity contribution in [3.8, 4) is 5.75 Å². The first-order valence-corrected chi connectivity index (χ1v) is 3.90. The summed E-state index contributed by atoms with van der Waals surface area (Å²) >= 11 is 5.66. The molecule has 0 spiro atoms. The minimum atomic E-state index is -0.375. The maximum atomic E-state index is 12.5. The molecule has 1 aromatic carbocycles. The third-order valence-electron chi connectivity index (χ3n) is 1.27. The Morgan fingerprint density at radius 3 is 2.69 bits per heavy atom. The van der Waals surface area contributed by atoms with E-state index in [2.05, 4.69) is 0 Å². The molecule has 74 valence electrons. The molecule has 5 heteroatoms. The molecule has 2 nitrogen and oxygen atoms in total. The van der Waals surface area contributed by atoms with Crippen molar-refractivity contribution in [1.29, 1.82) is 0 Å². The van der Waals surface area contributed by atoms with E-state index < -0.39 is 0 Å². The van der Waals surface area contributed by atoms with Gasteiger partial charge < -0.3 is 10.5 Å². The fraction of sp³-hybridized carbons (Fsp3) is 0.250. The highest BCUT2D eigenvalue weighted by molar-refractivity contribution is 6.32. The average molecular weight is 226 g/mol. The Labute approximate surface area is 87.2 Å². The van der Waals surface area contributed by atoms with Crippen molar-refractivity contribution in [3.63, 3.8) is 0 Å². The molecule has 0 aliphatic heterocycles. The molecule has 0 fully saturated rings. The summed E-state index contributed by atoms with van der Waals surface area (Å²) in [6.07, 6.45) is 0. The zero-order valence-corrected chi connectivity index (χ0v) is 8.37. The molecule has 0 bridgehead atoms. The predicted octanol–water partition coefficient (Wildman–Crippen LogP) is 2.24. The zero-order chi connectivity index (χ0) is 8.97. The fourth-order valence-corrected chi connectivity index (χ4v) is 0.983. The van der Waals surface area contributed by atoms with E-state index in [4.69, 9.17) is 22.1 Å². The number of halogens is 3. The van der Waals surface area contributed by atoms with Gasteiger partial charge in [0.05, 0.1) is 5.02 Å². The van der Waals surface area contributed by atoms with Crippen LogP contribution in [0.2, 0.25) is 5.02 Å². The van der Waals surface area contributed by atoms with E-state index in [0.717, 1.165) is 0 Å². The largest absolute Gasteiger partial charge is 0.491 e.